The lowest BCUT2D eigenvalue weighted by Crippen LogP contribution is -2.42. The van der Waals surface area contributed by atoms with E-state index in [9.17, 15) is 0 Å². The first kappa shape index (κ1) is 17.4. The van der Waals surface area contributed by atoms with E-state index in [1.165, 1.54) is 16.3 Å². The smallest absolute Gasteiger partial charge is 0.0594 e. The van der Waals surface area contributed by atoms with Crippen molar-refractivity contribution in [2.75, 3.05) is 39.4 Å². The first-order chi connectivity index (χ1) is 11.8. The lowest BCUT2D eigenvalue weighted by atomic mass is 9.72. The molecule has 1 atom stereocenters. The van der Waals surface area contributed by atoms with Crippen LogP contribution in [0.3, 0.4) is 0 Å². The molecule has 1 saturated heterocycles. The number of fused-ring (bicyclic) bond motifs is 1. The highest BCUT2D eigenvalue weighted by atomic mass is 16.5. The Hall–Kier alpha value is -1.42. The number of morpholine rings is 1. The van der Waals surface area contributed by atoms with Gasteiger partial charge in [0.15, 0.2) is 0 Å². The maximum atomic E-state index is 6.39. The van der Waals surface area contributed by atoms with E-state index in [1.54, 1.807) is 0 Å². The van der Waals surface area contributed by atoms with Crippen molar-refractivity contribution in [1.29, 1.82) is 0 Å². The Balaban J connectivity index is 1.91. The topological polar surface area (TPSA) is 38.5 Å². The molecular formula is C21H30N2O. The summed E-state index contributed by atoms with van der Waals surface area (Å²) in [5.74, 6) is 0. The van der Waals surface area contributed by atoms with Crippen molar-refractivity contribution in [2.45, 2.75) is 31.6 Å². The lowest BCUT2D eigenvalue weighted by Gasteiger charge is -2.37. The molecule has 3 nitrogen and oxygen atoms in total. The minimum Gasteiger partial charge on any atom is -0.379 e. The van der Waals surface area contributed by atoms with Crippen molar-refractivity contribution >= 4 is 10.8 Å². The summed E-state index contributed by atoms with van der Waals surface area (Å²) in [5.41, 5.74) is 7.88. The van der Waals surface area contributed by atoms with Gasteiger partial charge in [0.05, 0.1) is 13.2 Å². The average Bonchev–Trinajstić information content (AvgIpc) is 2.66. The first-order valence-electron chi connectivity index (χ1n) is 9.27. The molecule has 0 amide bonds. The second-order valence-corrected chi connectivity index (χ2v) is 6.97. The van der Waals surface area contributed by atoms with E-state index in [1.807, 2.05) is 0 Å². The van der Waals surface area contributed by atoms with Gasteiger partial charge < -0.3 is 10.5 Å². The SMILES string of the molecule is CCCC(CN)(CCN1CCOCC1)c1cccc2ccccc12. The lowest BCUT2D eigenvalue weighted by molar-refractivity contribution is 0.0342. The van der Waals surface area contributed by atoms with E-state index in [0.29, 0.717) is 6.54 Å². The summed E-state index contributed by atoms with van der Waals surface area (Å²) < 4.78 is 5.48. The Labute approximate surface area is 145 Å². The van der Waals surface area contributed by atoms with E-state index in [4.69, 9.17) is 10.5 Å². The number of ether oxygens (including phenoxy) is 1. The van der Waals surface area contributed by atoms with Gasteiger partial charge in [0.25, 0.3) is 0 Å². The first-order valence-corrected chi connectivity index (χ1v) is 9.27. The van der Waals surface area contributed by atoms with Gasteiger partial charge in [0.1, 0.15) is 0 Å². The zero-order valence-corrected chi connectivity index (χ0v) is 14.8. The van der Waals surface area contributed by atoms with Crippen LogP contribution in [0, 0.1) is 0 Å². The number of hydrogen-bond acceptors (Lipinski definition) is 3. The number of rotatable bonds is 7. The van der Waals surface area contributed by atoms with Crippen molar-refractivity contribution in [3.63, 3.8) is 0 Å². The zero-order chi connectivity index (χ0) is 16.8. The van der Waals surface area contributed by atoms with Gasteiger partial charge in [-0.3, -0.25) is 4.90 Å². The van der Waals surface area contributed by atoms with E-state index >= 15 is 0 Å². The Morgan fingerprint density at radius 3 is 2.54 bits per heavy atom. The fraction of sp³-hybridized carbons (Fsp3) is 0.524. The minimum absolute atomic E-state index is 0.0634. The predicted octanol–water partition coefficient (Wildman–Crippen LogP) is 3.56. The van der Waals surface area contributed by atoms with E-state index in [0.717, 1.165) is 52.1 Å². The fourth-order valence-electron chi connectivity index (χ4n) is 4.07. The molecule has 0 aromatic heterocycles. The van der Waals surface area contributed by atoms with Crippen LogP contribution in [0.5, 0.6) is 0 Å². The molecule has 130 valence electrons. The summed E-state index contributed by atoms with van der Waals surface area (Å²) in [5, 5.41) is 2.68. The highest BCUT2D eigenvalue weighted by molar-refractivity contribution is 5.86. The Bertz CT molecular complexity index is 646. The molecule has 0 saturated carbocycles. The molecular weight excluding hydrogens is 296 g/mol. The largest absolute Gasteiger partial charge is 0.379 e. The van der Waals surface area contributed by atoms with E-state index in [2.05, 4.69) is 54.3 Å². The fourth-order valence-corrected chi connectivity index (χ4v) is 4.07. The van der Waals surface area contributed by atoms with Crippen LogP contribution in [0.1, 0.15) is 31.7 Å². The molecule has 2 N–H and O–H groups in total. The van der Waals surface area contributed by atoms with Crippen LogP contribution in [0.4, 0.5) is 0 Å². The number of benzene rings is 2. The third-order valence-corrected chi connectivity index (χ3v) is 5.49. The van der Waals surface area contributed by atoms with Gasteiger partial charge in [0.2, 0.25) is 0 Å². The molecule has 3 heteroatoms. The monoisotopic (exact) mass is 326 g/mol. The second kappa shape index (κ2) is 8.11. The van der Waals surface area contributed by atoms with Gasteiger partial charge in [-0.25, -0.2) is 0 Å². The summed E-state index contributed by atoms with van der Waals surface area (Å²) in [6, 6.07) is 15.4. The third-order valence-electron chi connectivity index (χ3n) is 5.49. The molecule has 1 aliphatic rings. The molecule has 0 bridgehead atoms. The van der Waals surface area contributed by atoms with Gasteiger partial charge in [0, 0.05) is 25.0 Å². The van der Waals surface area contributed by atoms with Gasteiger partial charge in [-0.15, -0.1) is 0 Å². The van der Waals surface area contributed by atoms with Crippen LogP contribution in [-0.2, 0) is 10.2 Å². The summed E-state index contributed by atoms with van der Waals surface area (Å²) in [6.07, 6.45) is 3.41. The maximum Gasteiger partial charge on any atom is 0.0594 e. The molecule has 1 heterocycles. The zero-order valence-electron chi connectivity index (χ0n) is 14.8. The quantitative estimate of drug-likeness (QED) is 0.845. The van der Waals surface area contributed by atoms with E-state index in [-0.39, 0.29) is 5.41 Å². The second-order valence-electron chi connectivity index (χ2n) is 6.97. The molecule has 1 fully saturated rings. The van der Waals surface area contributed by atoms with Gasteiger partial charge >= 0.3 is 0 Å². The normalized spacial score (nSPS) is 18.6. The highest BCUT2D eigenvalue weighted by Crippen LogP contribution is 2.37. The molecule has 0 aliphatic carbocycles. The van der Waals surface area contributed by atoms with Crippen LogP contribution in [0.25, 0.3) is 10.8 Å². The maximum absolute atomic E-state index is 6.39. The summed E-state index contributed by atoms with van der Waals surface area (Å²) in [4.78, 5) is 2.52. The van der Waals surface area contributed by atoms with Crippen LogP contribution in [-0.4, -0.2) is 44.3 Å². The van der Waals surface area contributed by atoms with Crippen molar-refractivity contribution in [1.82, 2.24) is 4.90 Å². The molecule has 24 heavy (non-hydrogen) atoms. The molecule has 0 spiro atoms. The predicted molar refractivity (Wildman–Crippen MR) is 101 cm³/mol. The average molecular weight is 326 g/mol. The standard InChI is InChI=1S/C21H30N2O/c1-2-10-21(17-22,11-12-23-13-15-24-16-14-23)20-9-5-7-18-6-3-4-8-19(18)20/h3-9H,2,10-17,22H2,1H3. The van der Waals surface area contributed by atoms with Gasteiger partial charge in [-0.05, 0) is 35.7 Å². The third kappa shape index (κ3) is 3.64. The minimum atomic E-state index is 0.0634. The van der Waals surface area contributed by atoms with Gasteiger partial charge in [-0.2, -0.15) is 0 Å². The Morgan fingerprint density at radius 1 is 1.04 bits per heavy atom. The molecule has 1 unspecified atom stereocenters. The number of hydrogen-bond donors (Lipinski definition) is 1. The molecule has 0 radical (unpaired) electrons. The summed E-state index contributed by atoms with van der Waals surface area (Å²) in [6.45, 7) is 7.88. The molecule has 1 aliphatic heterocycles. The van der Waals surface area contributed by atoms with Crippen molar-refractivity contribution in [2.24, 2.45) is 5.73 Å². The van der Waals surface area contributed by atoms with Crippen LogP contribution in [0.15, 0.2) is 42.5 Å². The summed E-state index contributed by atoms with van der Waals surface area (Å²) in [7, 11) is 0. The Kier molecular flexibility index (Phi) is 5.88. The molecule has 2 aromatic carbocycles. The number of nitrogens with two attached hydrogens (primary N) is 1. The van der Waals surface area contributed by atoms with E-state index < -0.39 is 0 Å². The van der Waals surface area contributed by atoms with Crippen molar-refractivity contribution in [3.05, 3.63) is 48.0 Å². The van der Waals surface area contributed by atoms with Crippen molar-refractivity contribution < 1.29 is 4.74 Å². The summed E-state index contributed by atoms with van der Waals surface area (Å²) >= 11 is 0. The van der Waals surface area contributed by atoms with Crippen LogP contribution >= 0.6 is 0 Å². The Morgan fingerprint density at radius 2 is 1.79 bits per heavy atom. The molecule has 3 rings (SSSR count). The van der Waals surface area contributed by atoms with Crippen LogP contribution in [0.2, 0.25) is 0 Å². The van der Waals surface area contributed by atoms with Gasteiger partial charge in [-0.1, -0.05) is 55.8 Å². The molecule has 2 aromatic rings. The van der Waals surface area contributed by atoms with Crippen LogP contribution < -0.4 is 5.73 Å². The van der Waals surface area contributed by atoms with Crippen molar-refractivity contribution in [3.8, 4) is 0 Å². The highest BCUT2D eigenvalue weighted by Gasteiger charge is 2.32. The number of nitrogens with zero attached hydrogens (tertiary/aromatic N) is 1.